The lowest BCUT2D eigenvalue weighted by atomic mass is 9.73. The lowest BCUT2D eigenvalue weighted by Crippen LogP contribution is -2.66. The zero-order chi connectivity index (χ0) is 15.8. The number of hydrogen-bond acceptors (Lipinski definition) is 3. The van der Waals surface area contributed by atoms with Crippen LogP contribution < -0.4 is 5.73 Å². The Labute approximate surface area is 125 Å². The Hall–Kier alpha value is -0.330. The van der Waals surface area contributed by atoms with E-state index < -0.39 is 17.6 Å². The quantitative estimate of drug-likeness (QED) is 0.850. The molecule has 2 N–H and O–H groups in total. The number of alkyl halides is 3. The van der Waals surface area contributed by atoms with Gasteiger partial charge in [-0.3, -0.25) is 9.80 Å². The summed E-state index contributed by atoms with van der Waals surface area (Å²) in [5.41, 5.74) is 5.51. The zero-order valence-corrected chi connectivity index (χ0v) is 13.3. The smallest absolute Gasteiger partial charge is 0.329 e. The molecule has 1 aliphatic carbocycles. The maximum Gasteiger partial charge on any atom is 0.391 e. The summed E-state index contributed by atoms with van der Waals surface area (Å²) in [5, 5.41) is 0. The van der Waals surface area contributed by atoms with Crippen LogP contribution in [0, 0.1) is 5.92 Å². The van der Waals surface area contributed by atoms with Gasteiger partial charge in [0.05, 0.1) is 5.92 Å². The molecule has 0 aromatic rings. The van der Waals surface area contributed by atoms with Gasteiger partial charge >= 0.3 is 6.18 Å². The number of halogens is 3. The maximum atomic E-state index is 13.1. The highest BCUT2D eigenvalue weighted by atomic mass is 19.4. The number of likely N-dealkylation sites (N-methyl/N-ethyl adjacent to an activating group) is 1. The van der Waals surface area contributed by atoms with Crippen LogP contribution in [0.4, 0.5) is 13.2 Å². The van der Waals surface area contributed by atoms with Crippen molar-refractivity contribution >= 4 is 0 Å². The average Bonchev–Trinajstić information content (AvgIpc) is 2.43. The van der Waals surface area contributed by atoms with Crippen molar-refractivity contribution in [1.29, 1.82) is 0 Å². The second-order valence-electron chi connectivity index (χ2n) is 7.03. The van der Waals surface area contributed by atoms with Crippen molar-refractivity contribution in [3.63, 3.8) is 0 Å². The molecule has 6 heteroatoms. The Morgan fingerprint density at radius 1 is 1.19 bits per heavy atom. The molecule has 1 saturated heterocycles. The van der Waals surface area contributed by atoms with E-state index in [9.17, 15) is 13.2 Å². The highest BCUT2D eigenvalue weighted by Gasteiger charge is 2.50. The highest BCUT2D eigenvalue weighted by Crippen LogP contribution is 2.44. The lowest BCUT2D eigenvalue weighted by Gasteiger charge is -2.54. The van der Waals surface area contributed by atoms with E-state index in [0.717, 1.165) is 19.5 Å². The fourth-order valence-electron chi connectivity index (χ4n) is 4.01. The summed E-state index contributed by atoms with van der Waals surface area (Å²) in [5.74, 6) is -1.19. The van der Waals surface area contributed by atoms with Crippen molar-refractivity contribution < 1.29 is 13.2 Å². The molecule has 2 fully saturated rings. The van der Waals surface area contributed by atoms with Crippen LogP contribution in [-0.4, -0.2) is 60.3 Å². The Morgan fingerprint density at radius 2 is 1.76 bits per heavy atom. The van der Waals surface area contributed by atoms with Gasteiger partial charge in [0, 0.05) is 37.3 Å². The summed E-state index contributed by atoms with van der Waals surface area (Å²) in [6.07, 6.45) is -2.26. The molecule has 1 saturated carbocycles. The molecule has 1 heterocycles. The predicted molar refractivity (Wildman–Crippen MR) is 78.1 cm³/mol. The molecule has 0 radical (unpaired) electrons. The fraction of sp³-hybridized carbons (Fsp3) is 1.00. The van der Waals surface area contributed by atoms with Crippen molar-refractivity contribution in [1.82, 2.24) is 9.80 Å². The van der Waals surface area contributed by atoms with E-state index in [1.807, 2.05) is 0 Å². The van der Waals surface area contributed by atoms with Gasteiger partial charge in [-0.2, -0.15) is 13.2 Å². The topological polar surface area (TPSA) is 32.5 Å². The van der Waals surface area contributed by atoms with E-state index in [0.29, 0.717) is 25.0 Å². The second-order valence-corrected chi connectivity index (χ2v) is 7.03. The van der Waals surface area contributed by atoms with Crippen molar-refractivity contribution in [3.05, 3.63) is 0 Å². The molecule has 124 valence electrons. The van der Waals surface area contributed by atoms with Crippen LogP contribution >= 0.6 is 0 Å². The summed E-state index contributed by atoms with van der Waals surface area (Å²) in [6, 6.07) is 0.701. The monoisotopic (exact) mass is 307 g/mol. The van der Waals surface area contributed by atoms with E-state index in [4.69, 9.17) is 5.73 Å². The standard InChI is InChI=1S/C15H28F3N3/c1-11-8-21(9-12(2)20(11)3)14(10-19)6-4-5-13(7-14)15(16,17)18/h11-13H,4-10,19H2,1-3H3. The van der Waals surface area contributed by atoms with Crippen LogP contribution in [-0.2, 0) is 0 Å². The number of nitrogens with zero attached hydrogens (tertiary/aromatic N) is 2. The van der Waals surface area contributed by atoms with Gasteiger partial charge in [0.25, 0.3) is 0 Å². The van der Waals surface area contributed by atoms with Crippen LogP contribution in [0.1, 0.15) is 39.5 Å². The van der Waals surface area contributed by atoms with Gasteiger partial charge < -0.3 is 5.73 Å². The van der Waals surface area contributed by atoms with Crippen LogP contribution in [0.25, 0.3) is 0 Å². The molecule has 3 nitrogen and oxygen atoms in total. The number of rotatable bonds is 2. The third-order valence-electron chi connectivity index (χ3n) is 5.69. The maximum absolute atomic E-state index is 13.1. The fourth-order valence-corrected chi connectivity index (χ4v) is 4.01. The third kappa shape index (κ3) is 3.37. The molecule has 2 aliphatic rings. The van der Waals surface area contributed by atoms with Gasteiger partial charge in [0.1, 0.15) is 0 Å². The van der Waals surface area contributed by atoms with Gasteiger partial charge in [0.2, 0.25) is 0 Å². The van der Waals surface area contributed by atoms with Crippen LogP contribution in [0.2, 0.25) is 0 Å². The first-order valence-corrected chi connectivity index (χ1v) is 7.93. The van der Waals surface area contributed by atoms with E-state index in [1.165, 1.54) is 0 Å². The van der Waals surface area contributed by atoms with Gasteiger partial charge in [-0.15, -0.1) is 0 Å². The summed E-state index contributed by atoms with van der Waals surface area (Å²) in [4.78, 5) is 4.55. The van der Waals surface area contributed by atoms with Gasteiger partial charge in [-0.1, -0.05) is 6.42 Å². The summed E-state index contributed by atoms with van der Waals surface area (Å²) < 4.78 is 39.4. The highest BCUT2D eigenvalue weighted by molar-refractivity contribution is 5.01. The molecule has 2 rings (SSSR count). The SMILES string of the molecule is CC1CN(C2(CN)CCCC(C(F)(F)F)C2)CC(C)N1C. The van der Waals surface area contributed by atoms with E-state index in [1.54, 1.807) is 0 Å². The Bertz CT molecular complexity index is 349. The van der Waals surface area contributed by atoms with Crippen LogP contribution in [0.15, 0.2) is 0 Å². The van der Waals surface area contributed by atoms with Gasteiger partial charge in [-0.05, 0) is 40.2 Å². The van der Waals surface area contributed by atoms with Crippen molar-refractivity contribution in [3.8, 4) is 0 Å². The molecule has 0 aromatic carbocycles. The molecular formula is C15H28F3N3. The minimum Gasteiger partial charge on any atom is -0.329 e. The molecule has 0 spiro atoms. The molecule has 21 heavy (non-hydrogen) atoms. The lowest BCUT2D eigenvalue weighted by molar-refractivity contribution is -0.195. The van der Waals surface area contributed by atoms with Gasteiger partial charge in [-0.25, -0.2) is 0 Å². The largest absolute Gasteiger partial charge is 0.391 e. The molecule has 4 atom stereocenters. The van der Waals surface area contributed by atoms with Crippen molar-refractivity contribution in [2.45, 2.75) is 63.3 Å². The van der Waals surface area contributed by atoms with E-state index in [-0.39, 0.29) is 12.8 Å². The molecule has 0 bridgehead atoms. The Kier molecular flexibility index (Phi) is 4.90. The summed E-state index contributed by atoms with van der Waals surface area (Å²) in [6.45, 7) is 6.21. The normalized spacial score (nSPS) is 40.4. The average molecular weight is 307 g/mol. The number of hydrogen-bond donors (Lipinski definition) is 1. The number of nitrogens with two attached hydrogens (primary N) is 1. The Morgan fingerprint density at radius 3 is 2.24 bits per heavy atom. The molecule has 4 unspecified atom stereocenters. The van der Waals surface area contributed by atoms with Crippen molar-refractivity contribution in [2.75, 3.05) is 26.7 Å². The van der Waals surface area contributed by atoms with Crippen molar-refractivity contribution in [2.24, 2.45) is 11.7 Å². The molecule has 1 aliphatic heterocycles. The minimum absolute atomic E-state index is 0.163. The zero-order valence-electron chi connectivity index (χ0n) is 13.3. The van der Waals surface area contributed by atoms with E-state index in [2.05, 4.69) is 30.7 Å². The molecular weight excluding hydrogens is 279 g/mol. The van der Waals surface area contributed by atoms with Gasteiger partial charge in [0.15, 0.2) is 0 Å². The van der Waals surface area contributed by atoms with Crippen LogP contribution in [0.3, 0.4) is 0 Å². The Balaban J connectivity index is 2.17. The number of piperazine rings is 1. The minimum atomic E-state index is -4.09. The van der Waals surface area contributed by atoms with E-state index >= 15 is 0 Å². The summed E-state index contributed by atoms with van der Waals surface area (Å²) >= 11 is 0. The molecule has 0 aromatic heterocycles. The van der Waals surface area contributed by atoms with Crippen LogP contribution in [0.5, 0.6) is 0 Å². The second kappa shape index (κ2) is 6.05. The third-order valence-corrected chi connectivity index (χ3v) is 5.69. The first-order valence-electron chi connectivity index (χ1n) is 7.93. The first kappa shape index (κ1) is 17.0. The predicted octanol–water partition coefficient (Wildman–Crippen LogP) is 2.46. The summed E-state index contributed by atoms with van der Waals surface area (Å²) in [7, 11) is 2.08. The first-order chi connectivity index (χ1) is 9.69. The molecule has 0 amide bonds.